The number of rotatable bonds is 3. The second kappa shape index (κ2) is 5.86. The van der Waals surface area contributed by atoms with Crippen LogP contribution in [0.2, 0.25) is 0 Å². The molecule has 4 rings (SSSR count). The van der Waals surface area contributed by atoms with Gasteiger partial charge in [-0.1, -0.05) is 32.0 Å². The van der Waals surface area contributed by atoms with Crippen molar-refractivity contribution in [2.24, 2.45) is 11.0 Å². The Morgan fingerprint density at radius 2 is 1.88 bits per heavy atom. The molecule has 2 heterocycles. The maximum Gasteiger partial charge on any atom is 0.190 e. The number of benzene rings is 2. The summed E-state index contributed by atoms with van der Waals surface area (Å²) in [7, 11) is 1.68. The topological polar surface area (TPSA) is 34.1 Å². The van der Waals surface area contributed by atoms with Crippen molar-refractivity contribution in [1.29, 1.82) is 0 Å². The van der Waals surface area contributed by atoms with Crippen LogP contribution in [-0.2, 0) is 0 Å². The van der Waals surface area contributed by atoms with Gasteiger partial charge in [-0.15, -0.1) is 0 Å². The number of methoxy groups -OCH3 is 1. The first-order valence-electron chi connectivity index (χ1n) is 8.43. The summed E-state index contributed by atoms with van der Waals surface area (Å²) >= 11 is 0. The third-order valence-electron chi connectivity index (χ3n) is 4.72. The van der Waals surface area contributed by atoms with Crippen molar-refractivity contribution < 1.29 is 9.47 Å². The Hall–Kier alpha value is -2.49. The largest absolute Gasteiger partial charge is 0.497 e. The molecule has 2 aromatic carbocycles. The van der Waals surface area contributed by atoms with Gasteiger partial charge in [0.25, 0.3) is 0 Å². The van der Waals surface area contributed by atoms with E-state index in [-0.39, 0.29) is 12.3 Å². The van der Waals surface area contributed by atoms with E-state index in [1.165, 1.54) is 5.56 Å². The molecule has 0 bridgehead atoms. The van der Waals surface area contributed by atoms with E-state index in [2.05, 4.69) is 49.2 Å². The van der Waals surface area contributed by atoms with Crippen molar-refractivity contribution in [3.05, 3.63) is 59.7 Å². The summed E-state index contributed by atoms with van der Waals surface area (Å²) in [6.07, 6.45) is 0.872. The Labute approximate surface area is 142 Å². The van der Waals surface area contributed by atoms with Crippen LogP contribution in [0.5, 0.6) is 11.5 Å². The second-order valence-corrected chi connectivity index (χ2v) is 6.67. The van der Waals surface area contributed by atoms with Gasteiger partial charge in [0.1, 0.15) is 11.5 Å². The summed E-state index contributed by atoms with van der Waals surface area (Å²) in [4.78, 5) is 0. The van der Waals surface area contributed by atoms with Crippen molar-refractivity contribution >= 4 is 5.71 Å². The van der Waals surface area contributed by atoms with E-state index in [9.17, 15) is 0 Å². The molecule has 4 heteroatoms. The highest BCUT2D eigenvalue weighted by Crippen LogP contribution is 2.44. The molecule has 2 aliphatic heterocycles. The standard InChI is InChI=1S/C20H22N2O2/c1-13(2)20-22-18(16-6-4-5-7-19(16)24-20)12-17(21-22)14-8-10-15(23-3)11-9-14/h4-11,13,18,20H,12H2,1-3H3/t18-,20+/m1/s1. The van der Waals surface area contributed by atoms with Crippen molar-refractivity contribution in [3.63, 3.8) is 0 Å². The first-order valence-corrected chi connectivity index (χ1v) is 8.43. The van der Waals surface area contributed by atoms with Crippen LogP contribution in [0.15, 0.2) is 53.6 Å². The van der Waals surface area contributed by atoms with Crippen LogP contribution in [0.25, 0.3) is 0 Å². The Balaban J connectivity index is 1.70. The molecule has 0 saturated carbocycles. The normalized spacial score (nSPS) is 21.8. The Bertz CT molecular complexity index is 767. The van der Waals surface area contributed by atoms with Crippen molar-refractivity contribution in [3.8, 4) is 11.5 Å². The van der Waals surface area contributed by atoms with Gasteiger partial charge in [-0.2, -0.15) is 5.10 Å². The minimum atomic E-state index is -0.0272. The quantitative estimate of drug-likeness (QED) is 0.848. The fourth-order valence-corrected chi connectivity index (χ4v) is 3.46. The monoisotopic (exact) mass is 322 g/mol. The summed E-state index contributed by atoms with van der Waals surface area (Å²) in [5.74, 6) is 2.22. The Morgan fingerprint density at radius 1 is 1.12 bits per heavy atom. The third-order valence-corrected chi connectivity index (χ3v) is 4.72. The van der Waals surface area contributed by atoms with Gasteiger partial charge < -0.3 is 9.47 Å². The predicted molar refractivity (Wildman–Crippen MR) is 94.4 cm³/mol. The highest BCUT2D eigenvalue weighted by molar-refractivity contribution is 6.02. The molecule has 2 atom stereocenters. The third kappa shape index (κ3) is 2.42. The summed E-state index contributed by atoms with van der Waals surface area (Å²) in [5.41, 5.74) is 3.47. The van der Waals surface area contributed by atoms with Gasteiger partial charge in [0.2, 0.25) is 0 Å². The average molecular weight is 322 g/mol. The predicted octanol–water partition coefficient (Wildman–Crippen LogP) is 4.22. The van der Waals surface area contributed by atoms with E-state index >= 15 is 0 Å². The molecule has 2 aromatic rings. The molecule has 0 radical (unpaired) electrons. The minimum absolute atomic E-state index is 0.0272. The summed E-state index contributed by atoms with van der Waals surface area (Å²) < 4.78 is 11.5. The van der Waals surface area contributed by atoms with Crippen LogP contribution >= 0.6 is 0 Å². The summed E-state index contributed by atoms with van der Waals surface area (Å²) in [5, 5.41) is 7.07. The average Bonchev–Trinajstić information content (AvgIpc) is 3.06. The maximum atomic E-state index is 6.23. The molecular weight excluding hydrogens is 300 g/mol. The lowest BCUT2D eigenvalue weighted by atomic mass is 9.95. The molecular formula is C20H22N2O2. The van der Waals surface area contributed by atoms with Gasteiger partial charge in [0, 0.05) is 17.9 Å². The molecule has 0 saturated heterocycles. The zero-order valence-electron chi connectivity index (χ0n) is 14.3. The van der Waals surface area contributed by atoms with Crippen LogP contribution in [-0.4, -0.2) is 24.1 Å². The molecule has 2 aliphatic rings. The van der Waals surface area contributed by atoms with Gasteiger partial charge >= 0.3 is 0 Å². The smallest absolute Gasteiger partial charge is 0.190 e. The van der Waals surface area contributed by atoms with E-state index in [0.29, 0.717) is 5.92 Å². The van der Waals surface area contributed by atoms with Crippen LogP contribution in [0.4, 0.5) is 0 Å². The molecule has 24 heavy (non-hydrogen) atoms. The number of fused-ring (bicyclic) bond motifs is 3. The fraction of sp³-hybridized carbons (Fsp3) is 0.350. The number of hydrazone groups is 1. The number of hydrogen-bond donors (Lipinski definition) is 0. The van der Waals surface area contributed by atoms with Crippen LogP contribution in [0, 0.1) is 5.92 Å². The first-order chi connectivity index (χ1) is 11.7. The van der Waals surface area contributed by atoms with Crippen LogP contribution in [0.3, 0.4) is 0 Å². The van der Waals surface area contributed by atoms with E-state index in [4.69, 9.17) is 14.6 Å². The Kier molecular flexibility index (Phi) is 3.68. The van der Waals surface area contributed by atoms with Crippen molar-refractivity contribution in [2.45, 2.75) is 32.5 Å². The van der Waals surface area contributed by atoms with E-state index < -0.39 is 0 Å². The lowest BCUT2D eigenvalue weighted by Crippen LogP contribution is -2.43. The molecule has 0 spiro atoms. The van der Waals surface area contributed by atoms with Gasteiger partial charge in [0.05, 0.1) is 18.9 Å². The molecule has 124 valence electrons. The van der Waals surface area contributed by atoms with Crippen molar-refractivity contribution in [1.82, 2.24) is 5.01 Å². The van der Waals surface area contributed by atoms with Crippen LogP contribution in [0.1, 0.15) is 37.4 Å². The summed E-state index contributed by atoms with van der Waals surface area (Å²) in [6, 6.07) is 16.7. The highest BCUT2D eigenvalue weighted by Gasteiger charge is 2.41. The zero-order chi connectivity index (χ0) is 16.7. The molecule has 0 aromatic heterocycles. The van der Waals surface area contributed by atoms with Gasteiger partial charge in [-0.25, -0.2) is 5.01 Å². The SMILES string of the molecule is COc1ccc(C2=NN3[C@H](C2)c2ccccc2O[C@H]3C(C)C)cc1. The minimum Gasteiger partial charge on any atom is -0.497 e. The molecule has 0 unspecified atom stereocenters. The molecule has 0 fully saturated rings. The van der Waals surface area contributed by atoms with Crippen LogP contribution < -0.4 is 9.47 Å². The molecule has 0 aliphatic carbocycles. The molecule has 0 N–H and O–H groups in total. The number of ether oxygens (including phenoxy) is 2. The number of nitrogens with zero attached hydrogens (tertiary/aromatic N) is 2. The van der Waals surface area contributed by atoms with E-state index in [0.717, 1.165) is 29.2 Å². The van der Waals surface area contributed by atoms with E-state index in [1.54, 1.807) is 7.11 Å². The number of hydrogen-bond acceptors (Lipinski definition) is 4. The maximum absolute atomic E-state index is 6.23. The summed E-state index contributed by atoms with van der Waals surface area (Å²) in [6.45, 7) is 4.35. The molecule has 0 amide bonds. The molecule has 4 nitrogen and oxygen atoms in total. The van der Waals surface area contributed by atoms with E-state index in [1.807, 2.05) is 18.2 Å². The number of para-hydroxylation sites is 1. The van der Waals surface area contributed by atoms with Gasteiger partial charge in [-0.3, -0.25) is 0 Å². The second-order valence-electron chi connectivity index (χ2n) is 6.67. The first kappa shape index (κ1) is 15.1. The fourth-order valence-electron chi connectivity index (χ4n) is 3.46. The van der Waals surface area contributed by atoms with Crippen molar-refractivity contribution in [2.75, 3.05) is 7.11 Å². The Morgan fingerprint density at radius 3 is 2.58 bits per heavy atom. The lowest BCUT2D eigenvalue weighted by Gasteiger charge is -2.39. The van der Waals surface area contributed by atoms with Gasteiger partial charge in [-0.05, 0) is 35.9 Å². The highest BCUT2D eigenvalue weighted by atomic mass is 16.5. The van der Waals surface area contributed by atoms with Gasteiger partial charge in [0.15, 0.2) is 6.23 Å². The zero-order valence-corrected chi connectivity index (χ0v) is 14.3. The lowest BCUT2D eigenvalue weighted by molar-refractivity contribution is -0.0461.